The highest BCUT2D eigenvalue weighted by molar-refractivity contribution is 5.69. The number of hydrogen-bond donors (Lipinski definition) is 6. The Labute approximate surface area is 556 Å². The van der Waals surface area contributed by atoms with Gasteiger partial charge in [-0.3, -0.25) is 9.59 Å². The molecule has 92 heavy (non-hydrogen) atoms. The van der Waals surface area contributed by atoms with Crippen LogP contribution in [0.1, 0.15) is 245 Å². The van der Waals surface area contributed by atoms with Crippen molar-refractivity contribution in [1.29, 1.82) is 0 Å². The smallest absolute Gasteiger partial charge is 0.305 e. The first-order valence-corrected chi connectivity index (χ1v) is 35.4. The fourth-order valence-corrected chi connectivity index (χ4v) is 13.4. The predicted molar refractivity (Wildman–Crippen MR) is 373 cm³/mol. The first kappa shape index (κ1) is 80.2. The van der Waals surface area contributed by atoms with Gasteiger partial charge in [0.1, 0.15) is 43.2 Å². The summed E-state index contributed by atoms with van der Waals surface area (Å²) in [5.74, 6) is 0.310. The van der Waals surface area contributed by atoms with Crippen LogP contribution in [0.25, 0.3) is 0 Å². The highest BCUT2D eigenvalue weighted by Crippen LogP contribution is 2.45. The molecule has 2 fully saturated rings. The Morgan fingerprint density at radius 1 is 0.489 bits per heavy atom. The summed E-state index contributed by atoms with van der Waals surface area (Å²) in [7, 11) is 0. The van der Waals surface area contributed by atoms with Crippen molar-refractivity contribution in [2.24, 2.45) is 28.6 Å². The Morgan fingerprint density at radius 2 is 0.880 bits per heavy atom. The lowest BCUT2D eigenvalue weighted by Crippen LogP contribution is -2.60. The van der Waals surface area contributed by atoms with Gasteiger partial charge in [-0.1, -0.05) is 264 Å². The maximum absolute atomic E-state index is 12.6. The first-order valence-electron chi connectivity index (χ1n) is 35.4. The van der Waals surface area contributed by atoms with Crippen LogP contribution in [0.2, 0.25) is 0 Å². The van der Waals surface area contributed by atoms with Crippen LogP contribution in [-0.2, 0) is 33.3 Å². The summed E-state index contributed by atoms with van der Waals surface area (Å²) in [5, 5.41) is 65.2. The van der Waals surface area contributed by atoms with E-state index in [1.165, 1.54) is 80.9 Å². The average molecular weight is 1280 g/mol. The lowest BCUT2D eigenvalue weighted by Gasteiger charge is -2.44. The summed E-state index contributed by atoms with van der Waals surface area (Å²) in [6.45, 7) is 30.1. The predicted octanol–water partition coefficient (Wildman–Crippen LogP) is 16.3. The summed E-state index contributed by atoms with van der Waals surface area (Å²) < 4.78 is 29.9. The van der Waals surface area contributed by atoms with Crippen molar-refractivity contribution >= 4 is 11.9 Å². The van der Waals surface area contributed by atoms with Crippen molar-refractivity contribution in [1.82, 2.24) is 0 Å². The molecule has 4 rings (SSSR count). The third-order valence-corrected chi connectivity index (χ3v) is 18.9. The molecule has 1 saturated carbocycles. The molecular weight excluding hydrogens is 1160 g/mol. The Hall–Kier alpha value is -4.28. The number of carbonyl (C=O) groups excluding carboxylic acids is 2. The lowest BCUT2D eigenvalue weighted by molar-refractivity contribution is -0.313. The molecule has 0 amide bonds. The molecule has 3 aliphatic carbocycles. The van der Waals surface area contributed by atoms with Gasteiger partial charge in [0.15, 0.2) is 6.29 Å². The Bertz CT molecular complexity index is 2410. The number of aliphatic hydroxyl groups is 6. The highest BCUT2D eigenvalue weighted by Gasteiger charge is 2.48. The second kappa shape index (κ2) is 41.6. The molecule has 0 aromatic carbocycles. The molecule has 10 unspecified atom stereocenters. The number of rotatable bonds is 38. The molecule has 0 aromatic heterocycles. The quantitative estimate of drug-likeness (QED) is 0.0194. The first-order chi connectivity index (χ1) is 43.6. The molecule has 520 valence electrons. The minimum absolute atomic E-state index is 0.0161. The van der Waals surface area contributed by atoms with Crippen molar-refractivity contribution in [3.8, 4) is 0 Å². The van der Waals surface area contributed by atoms with Gasteiger partial charge in [0, 0.05) is 18.8 Å². The summed E-state index contributed by atoms with van der Waals surface area (Å²) in [4.78, 5) is 25.2. The van der Waals surface area contributed by atoms with E-state index < -0.39 is 61.0 Å². The van der Waals surface area contributed by atoms with E-state index in [-0.39, 0.29) is 61.0 Å². The largest absolute Gasteiger partial charge is 0.465 e. The Morgan fingerprint density at radius 3 is 1.33 bits per heavy atom. The van der Waals surface area contributed by atoms with Gasteiger partial charge in [0.2, 0.25) is 0 Å². The van der Waals surface area contributed by atoms with Gasteiger partial charge in [-0.2, -0.15) is 0 Å². The van der Waals surface area contributed by atoms with E-state index in [9.17, 15) is 40.2 Å². The molecule has 1 saturated heterocycles. The zero-order valence-corrected chi connectivity index (χ0v) is 59.4. The van der Waals surface area contributed by atoms with Gasteiger partial charge in [-0.15, -0.1) is 0 Å². The zero-order chi connectivity index (χ0) is 68.0. The molecule has 1 heterocycles. The SMILES string of the molecule is CC1=C(/C=C/C(C)=C/C=C/C(C)=C/C=C/C=C(C)/C=C/C=C(C)/C=C/C2=C(C)C[C@@H](OC3OC(COC(=O)CCCCCCCCCC(C)C)C(O)C(O)C3O)CC2(C)C)C(C)(C)C[C@H](OC2CC(COC(=O)CCCCCCCCCC(C)C)C(O)C(O)C2O)C1. The van der Waals surface area contributed by atoms with E-state index >= 15 is 0 Å². The van der Waals surface area contributed by atoms with Gasteiger partial charge in [-0.25, -0.2) is 0 Å². The van der Waals surface area contributed by atoms with Crippen LogP contribution in [0, 0.1) is 28.6 Å². The minimum atomic E-state index is -1.52. The Kier molecular flexibility index (Phi) is 36.3. The maximum Gasteiger partial charge on any atom is 0.305 e. The van der Waals surface area contributed by atoms with Crippen molar-refractivity contribution in [3.05, 3.63) is 130 Å². The lowest BCUT2D eigenvalue weighted by atomic mass is 9.71. The van der Waals surface area contributed by atoms with Crippen LogP contribution in [0.4, 0.5) is 0 Å². The third-order valence-electron chi connectivity index (χ3n) is 18.9. The number of esters is 2. The number of allylic oxidation sites excluding steroid dienone is 20. The van der Waals surface area contributed by atoms with Crippen molar-refractivity contribution < 1.29 is 63.9 Å². The van der Waals surface area contributed by atoms with E-state index in [1.807, 2.05) is 12.2 Å². The molecule has 0 radical (unpaired) electrons. The van der Waals surface area contributed by atoms with Gasteiger partial charge >= 0.3 is 11.9 Å². The monoisotopic (exact) mass is 1280 g/mol. The van der Waals surface area contributed by atoms with E-state index in [2.05, 4.69) is 170 Å². The molecule has 12 atom stereocenters. The number of hydrogen-bond acceptors (Lipinski definition) is 13. The average Bonchev–Trinajstić information content (AvgIpc) is 0.858. The number of aliphatic hydroxyl groups excluding tert-OH is 6. The summed E-state index contributed by atoms with van der Waals surface area (Å²) in [6, 6.07) is 0. The van der Waals surface area contributed by atoms with Gasteiger partial charge in [0.05, 0.1) is 31.0 Å². The molecular formula is C79H126O13. The molecule has 4 aliphatic rings. The fraction of sp³-hybridized carbons (Fsp3) is 0.696. The molecule has 13 nitrogen and oxygen atoms in total. The normalized spacial score (nSPS) is 28.0. The van der Waals surface area contributed by atoms with Crippen molar-refractivity contribution in [2.45, 2.75) is 312 Å². The number of ether oxygens (including phenoxy) is 5. The molecule has 0 aromatic rings. The van der Waals surface area contributed by atoms with Crippen LogP contribution < -0.4 is 0 Å². The second-order valence-electron chi connectivity index (χ2n) is 29.6. The fourth-order valence-electron chi connectivity index (χ4n) is 13.4. The van der Waals surface area contributed by atoms with Crippen LogP contribution in [0.15, 0.2) is 130 Å². The third kappa shape index (κ3) is 29.4. The topological polar surface area (TPSA) is 202 Å². The van der Waals surface area contributed by atoms with Crippen LogP contribution >= 0.6 is 0 Å². The molecule has 0 spiro atoms. The maximum atomic E-state index is 12.6. The molecule has 6 N–H and O–H groups in total. The second-order valence-corrected chi connectivity index (χ2v) is 29.6. The van der Waals surface area contributed by atoms with Crippen molar-refractivity contribution in [2.75, 3.05) is 13.2 Å². The number of unbranched alkanes of at least 4 members (excludes halogenated alkanes) is 12. The Balaban J connectivity index is 1.19. The van der Waals surface area contributed by atoms with E-state index in [4.69, 9.17) is 23.7 Å². The van der Waals surface area contributed by atoms with Crippen molar-refractivity contribution in [3.63, 3.8) is 0 Å². The zero-order valence-electron chi connectivity index (χ0n) is 59.4. The number of carbonyl (C=O) groups is 2. The molecule has 13 heteroatoms. The van der Waals surface area contributed by atoms with E-state index in [0.29, 0.717) is 25.7 Å². The molecule has 0 bridgehead atoms. The van der Waals surface area contributed by atoms with Crippen LogP contribution in [-0.4, -0.2) is 123 Å². The highest BCUT2D eigenvalue weighted by atomic mass is 16.7. The van der Waals surface area contributed by atoms with Crippen LogP contribution in [0.5, 0.6) is 0 Å². The summed E-state index contributed by atoms with van der Waals surface area (Å²) >= 11 is 0. The van der Waals surface area contributed by atoms with Gasteiger partial charge in [0.25, 0.3) is 0 Å². The summed E-state index contributed by atoms with van der Waals surface area (Å²) in [6.07, 6.45) is 39.4. The summed E-state index contributed by atoms with van der Waals surface area (Å²) in [5.41, 5.74) is 8.78. The van der Waals surface area contributed by atoms with Gasteiger partial charge < -0.3 is 54.3 Å². The van der Waals surface area contributed by atoms with Crippen LogP contribution in [0.3, 0.4) is 0 Å². The molecule has 1 aliphatic heterocycles. The van der Waals surface area contributed by atoms with E-state index in [1.54, 1.807) is 0 Å². The van der Waals surface area contributed by atoms with E-state index in [0.717, 1.165) is 84.6 Å². The van der Waals surface area contributed by atoms with Gasteiger partial charge in [-0.05, 0) is 120 Å². The standard InChI is InChI=1S/C79H126O13/c1-54(2)33-25-21-17-15-19-23-27-41-69(80)88-52-62-49-67(72(83)74(85)71(62)82)90-63-47-60(9)65(78(11,12)50-63)45-43-58(7)39-31-37-56(5)35-29-30-36-57(6)38-32-40-59(8)44-46-66-61(10)48-64(51-79(66,13)14)91-77-76(87)75(86)73(84)68(92-77)53-89-70(81)42-28-24-20-16-18-22-26-34-55(3)4/h29-32,35-40,43-46,54-55,62-64,67-68,71-77,82-87H,15-28,33-34,41-42,47-53H2,1-14H3/b30-29+,37-31+,38-32+,45-43+,46-44+,56-35+,57-36+,58-39+,59-40+/t62?,63-,64-,67?,68?,71?,72?,73?,74?,75?,76?,77?/m1/s1. The minimum Gasteiger partial charge on any atom is -0.465 e.